The molecule has 0 aromatic carbocycles. The zero-order valence-corrected chi connectivity index (χ0v) is 8.29. The largest absolute Gasteiger partial charge is 0.534 e. The third-order valence-electron chi connectivity index (χ3n) is 0.144. The Balaban J connectivity index is -0.0000000910. The Hall–Kier alpha value is -0.216. The topological polar surface area (TPSA) is 71.4 Å². The second-order valence-electron chi connectivity index (χ2n) is 1.05. The molecule has 4 nitrogen and oxygen atoms in total. The van der Waals surface area contributed by atoms with Crippen molar-refractivity contribution in [3.63, 3.8) is 0 Å². The first-order valence-corrected chi connectivity index (χ1v) is 1.94. The van der Waals surface area contributed by atoms with Crippen molar-refractivity contribution >= 4 is 18.0 Å². The van der Waals surface area contributed by atoms with Gasteiger partial charge in [0.2, 0.25) is 0 Å². The molecule has 0 aliphatic rings. The molecule has 0 saturated carbocycles. The zero-order valence-electron chi connectivity index (χ0n) is 5.46. The van der Waals surface area contributed by atoms with Crippen LogP contribution in [0.2, 0.25) is 0 Å². The van der Waals surface area contributed by atoms with Crippen molar-refractivity contribution in [1.82, 2.24) is 0 Å². The number of hydrogen-bond acceptors (Lipinski definition) is 3. The van der Waals surface area contributed by atoms with Gasteiger partial charge in [-0.15, -0.1) is 0 Å². The quantitative estimate of drug-likeness (QED) is 0.480. The van der Waals surface area contributed by atoms with Crippen LogP contribution in [0.25, 0.3) is 0 Å². The van der Waals surface area contributed by atoms with Crippen LogP contribution < -0.4 is 0 Å². The molecule has 0 aliphatic carbocycles. The van der Waals surface area contributed by atoms with Gasteiger partial charge in [-0.05, 0) is 6.92 Å². The third kappa shape index (κ3) is 113. The number of carboxylic acids is 1. The van der Waals surface area contributed by atoms with E-state index in [4.69, 9.17) is 14.7 Å². The van der Waals surface area contributed by atoms with Gasteiger partial charge in [-0.3, -0.25) is 11.7 Å². The summed E-state index contributed by atoms with van der Waals surface area (Å²) in [7, 11) is 0. The van der Waals surface area contributed by atoms with Crippen molar-refractivity contribution in [1.29, 1.82) is 0 Å². The van der Waals surface area contributed by atoms with Gasteiger partial charge in [-0.2, -0.15) is 6.29 Å². The minimum absolute atomic E-state index is 0. The van der Waals surface area contributed by atoms with Crippen LogP contribution in [0.4, 0.5) is 0 Å². The Morgan fingerprint density at radius 1 is 1.50 bits per heavy atom. The predicted octanol–water partition coefficient (Wildman–Crippen LogP) is -0.412. The molecule has 1 N–H and O–H groups in total. The summed E-state index contributed by atoms with van der Waals surface area (Å²) in [6, 6.07) is 0. The van der Waals surface area contributed by atoms with Gasteiger partial charge >= 0.3 is 0 Å². The van der Waals surface area contributed by atoms with Gasteiger partial charge in [-0.1, -0.05) is 0 Å². The molecule has 0 aromatic heterocycles. The van der Waals surface area contributed by atoms with Crippen molar-refractivity contribution in [2.45, 2.75) is 6.92 Å². The average Bonchev–Trinajstić information content (AvgIpc) is 1.65. The molecule has 10 heavy (non-hydrogen) atoms. The number of carbonyl (C=O) groups excluding carboxylic acids is 2. The van der Waals surface area contributed by atoms with Gasteiger partial charge in [0.1, 0.15) is 0 Å². The van der Waals surface area contributed by atoms with E-state index in [9.17, 15) is 4.79 Å². The van der Waals surface area contributed by atoms with E-state index in [1.165, 1.54) is 0 Å². The monoisotopic (exact) mass is 219 g/mol. The number of carbonyl (C=O) groups is 2. The summed E-state index contributed by atoms with van der Waals surface area (Å²) >= 11 is 0. The fraction of sp³-hybridized carbons (Fsp3) is 0.200. The summed E-state index contributed by atoms with van der Waals surface area (Å²) < 4.78 is 0. The Labute approximate surface area is 83.9 Å². The SMILES string of the molecule is CC(=O)[C-]=O.[CH2-]C(=O)O.[Y]. The second-order valence-corrected chi connectivity index (χ2v) is 1.05. The van der Waals surface area contributed by atoms with Crippen molar-refractivity contribution < 1.29 is 52.2 Å². The third-order valence-corrected chi connectivity index (χ3v) is 0.144. The number of ketones is 1. The van der Waals surface area contributed by atoms with Crippen LogP contribution in [0.1, 0.15) is 6.92 Å². The molecule has 0 rings (SSSR count). The van der Waals surface area contributed by atoms with Crippen LogP contribution in [0.3, 0.4) is 0 Å². The molecule has 0 fully saturated rings. The van der Waals surface area contributed by atoms with E-state index in [0.717, 1.165) is 13.2 Å². The van der Waals surface area contributed by atoms with Crippen molar-refractivity contribution in [2.24, 2.45) is 0 Å². The molecular weight excluding hydrogens is 213 g/mol. The number of rotatable bonds is 1. The minimum Gasteiger partial charge on any atom is -0.534 e. The summed E-state index contributed by atoms with van der Waals surface area (Å²) in [6.07, 6.45) is 1.14. The molecule has 1 radical (unpaired) electrons. The van der Waals surface area contributed by atoms with Crippen LogP contribution >= 0.6 is 0 Å². The van der Waals surface area contributed by atoms with Gasteiger partial charge in [0.25, 0.3) is 0 Å². The summed E-state index contributed by atoms with van der Waals surface area (Å²) in [5, 5.41) is 7.31. The van der Waals surface area contributed by atoms with E-state index < -0.39 is 11.8 Å². The van der Waals surface area contributed by atoms with E-state index in [1.807, 2.05) is 0 Å². The summed E-state index contributed by atoms with van der Waals surface area (Å²) in [6.45, 7) is 3.72. The first-order valence-electron chi connectivity index (χ1n) is 1.94. The Morgan fingerprint density at radius 3 is 1.60 bits per heavy atom. The molecule has 0 heterocycles. The maximum Gasteiger partial charge on any atom is 0.161 e. The van der Waals surface area contributed by atoms with E-state index in [0.29, 0.717) is 0 Å². The normalized spacial score (nSPS) is 5.70. The van der Waals surface area contributed by atoms with Gasteiger partial charge < -0.3 is 14.7 Å². The maximum atomic E-state index is 9.39. The smallest absolute Gasteiger partial charge is 0.161 e. The van der Waals surface area contributed by atoms with Crippen LogP contribution in [0, 0.1) is 6.92 Å². The van der Waals surface area contributed by atoms with Crippen molar-refractivity contribution in [3.8, 4) is 0 Å². The number of carboxylic acid groups (broad SMARTS) is 1. The molecule has 55 valence electrons. The average molecular weight is 219 g/mol. The first-order chi connectivity index (χ1) is 4.00. The minimum atomic E-state index is -1.08. The molecule has 5 heteroatoms. The van der Waals surface area contributed by atoms with Crippen molar-refractivity contribution in [3.05, 3.63) is 6.92 Å². The zero-order chi connectivity index (χ0) is 7.86. The van der Waals surface area contributed by atoms with E-state index in [2.05, 4.69) is 6.92 Å². The molecule has 0 spiro atoms. The van der Waals surface area contributed by atoms with Gasteiger partial charge in [0.05, 0.1) is 0 Å². The van der Waals surface area contributed by atoms with E-state index in [-0.39, 0.29) is 32.7 Å². The molecule has 0 aromatic rings. The van der Waals surface area contributed by atoms with E-state index >= 15 is 0 Å². The molecule has 0 amide bonds. The van der Waals surface area contributed by atoms with E-state index in [1.54, 1.807) is 0 Å². The molecule has 0 unspecified atom stereocenters. The molecular formula is C5H6O4Y-2. The molecule has 0 bridgehead atoms. The maximum absolute atomic E-state index is 9.39. The second kappa shape index (κ2) is 11.6. The molecule has 0 saturated heterocycles. The van der Waals surface area contributed by atoms with Gasteiger partial charge in [0.15, 0.2) is 5.97 Å². The Bertz CT molecular complexity index is 117. The molecule has 0 atom stereocenters. The van der Waals surface area contributed by atoms with Gasteiger partial charge in [0, 0.05) is 38.5 Å². The summed E-state index contributed by atoms with van der Waals surface area (Å²) in [5.74, 6) is -1.63. The van der Waals surface area contributed by atoms with Gasteiger partial charge in [-0.25, -0.2) is 0 Å². The fourth-order valence-corrected chi connectivity index (χ4v) is 0. The van der Waals surface area contributed by atoms with Crippen LogP contribution in [0.5, 0.6) is 0 Å². The Kier molecular flexibility index (Phi) is 19.0. The standard InChI is InChI=1S/C3H3O2.C2H3O2.Y/c1-3(5)2-4;1-2(3)4;/h1H3;1H2,(H,3,4);/q2*-1;. The first kappa shape index (κ1) is 16.4. The summed E-state index contributed by atoms with van der Waals surface area (Å²) in [4.78, 5) is 27.3. The van der Waals surface area contributed by atoms with Crippen LogP contribution in [0.15, 0.2) is 0 Å². The fourth-order valence-electron chi connectivity index (χ4n) is 0. The summed E-state index contributed by atoms with van der Waals surface area (Å²) in [5.41, 5.74) is 0. The predicted molar refractivity (Wildman–Crippen MR) is 29.4 cm³/mol. The number of Topliss-reactive ketones (excluding diaryl/α,β-unsaturated/α-hetero) is 1. The Morgan fingerprint density at radius 2 is 1.60 bits per heavy atom. The molecule has 0 aliphatic heterocycles. The number of aliphatic carboxylic acids is 1. The van der Waals surface area contributed by atoms with Crippen LogP contribution in [-0.4, -0.2) is 23.1 Å². The number of hydrogen-bond donors (Lipinski definition) is 1. The van der Waals surface area contributed by atoms with Crippen LogP contribution in [-0.2, 0) is 47.1 Å². The van der Waals surface area contributed by atoms with Crippen molar-refractivity contribution in [2.75, 3.05) is 0 Å².